The van der Waals surface area contributed by atoms with E-state index >= 15 is 0 Å². The van der Waals surface area contributed by atoms with Gasteiger partial charge in [0.15, 0.2) is 5.84 Å². The topological polar surface area (TPSA) is 233 Å². The number of nitrogens with zero attached hydrogens (tertiary/aromatic N) is 2. The third kappa shape index (κ3) is 10.1. The molecule has 3 aromatic rings. The maximum absolute atomic E-state index is 13.8. The normalized spacial score (nSPS) is 12.9. The van der Waals surface area contributed by atoms with E-state index < -0.39 is 26.7 Å². The number of rotatable bonds is 14. The first-order valence-corrected chi connectivity index (χ1v) is 16.8. The zero-order chi connectivity index (χ0) is 35.7. The molecule has 2 aromatic carbocycles. The molecule has 0 aliphatic heterocycles. The Morgan fingerprint density at radius 3 is 2.43 bits per heavy atom. The van der Waals surface area contributed by atoms with Crippen molar-refractivity contribution in [3.8, 4) is 5.75 Å². The second kappa shape index (κ2) is 16.2. The minimum Gasteiger partial charge on any atom is -0.428 e. The molecular formula is C32H37N6O10P. The van der Waals surface area contributed by atoms with E-state index in [-0.39, 0.29) is 52.8 Å². The van der Waals surface area contributed by atoms with Crippen LogP contribution in [-0.2, 0) is 25.3 Å². The summed E-state index contributed by atoms with van der Waals surface area (Å²) in [5, 5.41) is 13.5. The number of phosphoric acid groups is 1. The molecule has 0 bridgehead atoms. The monoisotopic (exact) mass is 696 g/mol. The molecule has 16 nitrogen and oxygen atoms in total. The predicted octanol–water partition coefficient (Wildman–Crippen LogP) is 3.88. The van der Waals surface area contributed by atoms with Crippen molar-refractivity contribution in [3.63, 3.8) is 0 Å². The number of aliphatic imine (C=N–C) groups is 1. The fraction of sp³-hybridized carbons (Fsp3) is 0.312. The molecule has 1 saturated carbocycles. The molecule has 49 heavy (non-hydrogen) atoms. The highest BCUT2D eigenvalue weighted by Gasteiger charge is 2.31. The number of amides is 3. The molecule has 6 N–H and O–H groups in total. The summed E-state index contributed by atoms with van der Waals surface area (Å²) in [4.78, 5) is 78.1. The van der Waals surface area contributed by atoms with Crippen LogP contribution in [0.2, 0.25) is 0 Å². The van der Waals surface area contributed by atoms with Gasteiger partial charge in [0.25, 0.3) is 11.8 Å². The van der Waals surface area contributed by atoms with Gasteiger partial charge in [0.1, 0.15) is 12.1 Å². The number of H-pyrrole nitrogens is 1. The lowest BCUT2D eigenvalue weighted by atomic mass is 10.1. The van der Waals surface area contributed by atoms with Crippen molar-refractivity contribution in [2.45, 2.75) is 52.5 Å². The van der Waals surface area contributed by atoms with Gasteiger partial charge in [0.2, 0.25) is 6.79 Å². The Balaban J connectivity index is 1.59. The number of aromatic nitrogens is 1. The van der Waals surface area contributed by atoms with Crippen molar-refractivity contribution < 1.29 is 47.5 Å². The number of aromatic amines is 1. The lowest BCUT2D eigenvalue weighted by Gasteiger charge is -2.25. The molecule has 17 heteroatoms. The smallest absolute Gasteiger partial charge is 0.428 e. The molecule has 3 amide bonds. The maximum atomic E-state index is 13.8. The third-order valence-corrected chi connectivity index (χ3v) is 7.70. The molecule has 0 unspecified atom stereocenters. The summed E-state index contributed by atoms with van der Waals surface area (Å²) >= 11 is 0. The van der Waals surface area contributed by atoms with E-state index in [1.165, 1.54) is 36.5 Å². The average molecular weight is 697 g/mol. The highest BCUT2D eigenvalue weighted by atomic mass is 31.2. The highest BCUT2D eigenvalue weighted by Crippen LogP contribution is 2.37. The predicted molar refractivity (Wildman–Crippen MR) is 178 cm³/mol. The van der Waals surface area contributed by atoms with Crippen molar-refractivity contribution in [1.82, 2.24) is 15.6 Å². The summed E-state index contributed by atoms with van der Waals surface area (Å²) in [5.74, 6) is -1.70. The van der Waals surface area contributed by atoms with E-state index in [0.29, 0.717) is 35.1 Å². The molecule has 0 saturated heterocycles. The molecule has 0 atom stereocenters. The Hall–Kier alpha value is -5.31. The Bertz CT molecular complexity index is 1800. The van der Waals surface area contributed by atoms with Crippen molar-refractivity contribution >= 4 is 49.6 Å². The molecule has 1 heterocycles. The second-order valence-electron chi connectivity index (χ2n) is 11.1. The van der Waals surface area contributed by atoms with Gasteiger partial charge in [-0.25, -0.2) is 19.3 Å². The first-order chi connectivity index (χ1) is 23.3. The summed E-state index contributed by atoms with van der Waals surface area (Å²) in [6, 6.07) is 10.2. The van der Waals surface area contributed by atoms with Crippen LogP contribution in [0.5, 0.6) is 5.75 Å². The summed E-state index contributed by atoms with van der Waals surface area (Å²) in [7, 11) is -4.75. The van der Waals surface area contributed by atoms with Gasteiger partial charge in [0.05, 0.1) is 23.4 Å². The number of esters is 1. The first kappa shape index (κ1) is 36.5. The Labute approximate surface area is 281 Å². The number of amidine groups is 1. The zero-order valence-corrected chi connectivity index (χ0v) is 27.9. The van der Waals surface area contributed by atoms with Gasteiger partial charge in [0, 0.05) is 24.3 Å². The number of carbonyl (C=O) groups is 4. The van der Waals surface area contributed by atoms with Crippen LogP contribution in [-0.4, -0.2) is 70.2 Å². The number of phosphoric ester groups is 1. The molecule has 1 fully saturated rings. The minimum atomic E-state index is -4.75. The van der Waals surface area contributed by atoms with Crippen LogP contribution in [0.3, 0.4) is 0 Å². The molecule has 4 rings (SSSR count). The van der Waals surface area contributed by atoms with Gasteiger partial charge in [-0.15, -0.1) is 0 Å². The van der Waals surface area contributed by atoms with E-state index in [4.69, 9.17) is 24.7 Å². The molecule has 1 aromatic heterocycles. The maximum Gasteiger partial charge on any atom is 0.524 e. The van der Waals surface area contributed by atoms with E-state index in [1.54, 1.807) is 26.0 Å². The molecule has 260 valence electrons. The quantitative estimate of drug-likeness (QED) is 0.0468. The zero-order valence-electron chi connectivity index (χ0n) is 27.0. The molecule has 1 aliphatic carbocycles. The van der Waals surface area contributed by atoms with Crippen molar-refractivity contribution in [1.29, 1.82) is 5.41 Å². The van der Waals surface area contributed by atoms with Crippen LogP contribution in [0.4, 0.5) is 10.5 Å². The third-order valence-electron chi connectivity index (χ3n) is 7.25. The van der Waals surface area contributed by atoms with E-state index in [2.05, 4.69) is 25.1 Å². The average Bonchev–Trinajstić information content (AvgIpc) is 3.78. The largest absolute Gasteiger partial charge is 0.524 e. The van der Waals surface area contributed by atoms with E-state index in [1.807, 2.05) is 6.92 Å². The lowest BCUT2D eigenvalue weighted by molar-refractivity contribution is -0.150. The van der Waals surface area contributed by atoms with Gasteiger partial charge < -0.3 is 29.6 Å². The number of carbonyl (C=O) groups excluding carboxylic acids is 4. The van der Waals surface area contributed by atoms with Gasteiger partial charge in [-0.1, -0.05) is 25.1 Å². The highest BCUT2D eigenvalue weighted by molar-refractivity contribution is 7.46. The Kier molecular flexibility index (Phi) is 12.1. The van der Waals surface area contributed by atoms with Gasteiger partial charge in [-0.2, -0.15) is 0 Å². The number of aryl methyl sites for hydroxylation is 1. The van der Waals surface area contributed by atoms with Crippen LogP contribution in [0.1, 0.15) is 69.3 Å². The number of hydrogen-bond acceptors (Lipinski definition) is 9. The summed E-state index contributed by atoms with van der Waals surface area (Å²) < 4.78 is 26.0. The molecular weight excluding hydrogens is 659 g/mol. The lowest BCUT2D eigenvalue weighted by Crippen LogP contribution is -2.40. The van der Waals surface area contributed by atoms with Gasteiger partial charge in [-0.05, 0) is 74.1 Å². The molecule has 1 aliphatic rings. The standard InChI is InChI=1S/C32H37N6O10P/c1-4-13-34-31(41)25-16-35-28(20(25)3)29(36-17-33)38(26-15-22(8-5-19(26)2)30(40)37-23-9-10-23)32(42)47-18-46-27(39)14-21-6-11-24(12-7-21)48-49(43,44)45/h5-8,11-12,15-17,23,33,35H,4,9-10,13-14,18H2,1-3H3,(H,34,41)(H,37,40)(H2,43,44,45). The first-order valence-electron chi connectivity index (χ1n) is 15.2. The van der Waals surface area contributed by atoms with Crippen molar-refractivity contribution in [2.24, 2.45) is 4.99 Å². The SMILES string of the molecule is CCCNC(=O)c1c[nH]c(C(=NC=N)N(C(=O)OCOC(=O)Cc2ccc(OP(=O)(O)O)cc2)c2cc(C(=O)NC3CC3)ccc2C)c1C. The fourth-order valence-corrected chi connectivity index (χ4v) is 5.01. The minimum absolute atomic E-state index is 0.0767. The van der Waals surface area contributed by atoms with Crippen LogP contribution >= 0.6 is 7.82 Å². The van der Waals surface area contributed by atoms with Crippen LogP contribution < -0.4 is 20.1 Å². The summed E-state index contributed by atoms with van der Waals surface area (Å²) in [6.07, 6.45) is 3.29. The fourth-order valence-electron chi connectivity index (χ4n) is 4.61. The molecule has 0 radical (unpaired) electrons. The van der Waals surface area contributed by atoms with Crippen molar-refractivity contribution in [2.75, 3.05) is 18.2 Å². The number of ether oxygens (including phenoxy) is 2. The number of anilines is 1. The van der Waals surface area contributed by atoms with E-state index in [9.17, 15) is 23.7 Å². The summed E-state index contributed by atoms with van der Waals surface area (Å²) in [6.45, 7) is 4.89. The van der Waals surface area contributed by atoms with Crippen LogP contribution in [0, 0.1) is 19.3 Å². The van der Waals surface area contributed by atoms with Crippen molar-refractivity contribution in [3.05, 3.63) is 82.2 Å². The van der Waals surface area contributed by atoms with Gasteiger partial charge in [-0.3, -0.25) is 29.6 Å². The number of hydrogen-bond donors (Lipinski definition) is 6. The Morgan fingerprint density at radius 1 is 1.08 bits per heavy atom. The van der Waals surface area contributed by atoms with Crippen LogP contribution in [0.15, 0.2) is 53.7 Å². The van der Waals surface area contributed by atoms with E-state index in [0.717, 1.165) is 24.2 Å². The summed E-state index contributed by atoms with van der Waals surface area (Å²) in [5.41, 5.74) is 2.34. The van der Waals surface area contributed by atoms with Crippen LogP contribution in [0.25, 0.3) is 0 Å². The number of nitrogens with one attached hydrogen (secondary N) is 4. The van der Waals surface area contributed by atoms with Gasteiger partial charge >= 0.3 is 19.9 Å². The number of benzene rings is 2. The molecule has 0 spiro atoms. The Morgan fingerprint density at radius 2 is 1.80 bits per heavy atom. The second-order valence-corrected chi connectivity index (χ2v) is 12.2.